The first-order valence-corrected chi connectivity index (χ1v) is 5.81. The normalized spacial score (nSPS) is 10.5. The third-order valence-corrected chi connectivity index (χ3v) is 2.93. The predicted molar refractivity (Wildman–Crippen MR) is 71.9 cm³/mol. The number of aromatic nitrogens is 2. The molecule has 1 aromatic heterocycles. The van der Waals surface area contributed by atoms with Crippen molar-refractivity contribution >= 4 is 16.9 Å². The molecule has 0 spiro atoms. The number of rotatable bonds is 2. The second-order valence-corrected chi connectivity index (χ2v) is 4.11. The van der Waals surface area contributed by atoms with Crippen molar-refractivity contribution in [1.29, 1.82) is 0 Å². The standard InChI is InChI=1S/C15H10N2O2/c18-15(19)14-13(10-6-2-1-3-7-10)11-8-4-5-9-12(11)16-17-14/h1-9H,(H,18,19). The zero-order valence-electron chi connectivity index (χ0n) is 9.95. The highest BCUT2D eigenvalue weighted by Crippen LogP contribution is 2.29. The highest BCUT2D eigenvalue weighted by molar-refractivity contribution is 6.04. The Balaban J connectivity index is 2.42. The number of carboxylic acid groups (broad SMARTS) is 1. The SMILES string of the molecule is O=C(O)c1nnc2ccccc2c1-c1ccccc1. The molecule has 0 saturated heterocycles. The van der Waals surface area contributed by atoms with Gasteiger partial charge in [0, 0.05) is 10.9 Å². The van der Waals surface area contributed by atoms with E-state index in [0.717, 1.165) is 10.9 Å². The van der Waals surface area contributed by atoms with Gasteiger partial charge in [-0.1, -0.05) is 48.5 Å². The highest BCUT2D eigenvalue weighted by atomic mass is 16.4. The Hall–Kier alpha value is -2.75. The number of hydrogen-bond acceptors (Lipinski definition) is 3. The molecule has 3 aromatic rings. The lowest BCUT2D eigenvalue weighted by molar-refractivity contribution is 0.0690. The molecule has 0 aliphatic heterocycles. The summed E-state index contributed by atoms with van der Waals surface area (Å²) in [5, 5.41) is 17.9. The molecule has 0 fully saturated rings. The number of hydrogen-bond donors (Lipinski definition) is 1. The Morgan fingerprint density at radius 1 is 0.895 bits per heavy atom. The fourth-order valence-corrected chi connectivity index (χ4v) is 2.10. The number of carboxylic acids is 1. The van der Waals surface area contributed by atoms with Crippen LogP contribution in [0.5, 0.6) is 0 Å². The summed E-state index contributed by atoms with van der Waals surface area (Å²) >= 11 is 0. The van der Waals surface area contributed by atoms with Gasteiger partial charge in [-0.25, -0.2) is 4.79 Å². The predicted octanol–water partition coefficient (Wildman–Crippen LogP) is 3.00. The van der Waals surface area contributed by atoms with Crippen molar-refractivity contribution in [2.24, 2.45) is 0 Å². The lowest BCUT2D eigenvalue weighted by Gasteiger charge is -2.08. The van der Waals surface area contributed by atoms with Crippen molar-refractivity contribution in [3.05, 3.63) is 60.3 Å². The van der Waals surface area contributed by atoms with Crippen LogP contribution in [-0.4, -0.2) is 21.3 Å². The van der Waals surface area contributed by atoms with Crippen LogP contribution < -0.4 is 0 Å². The van der Waals surface area contributed by atoms with Gasteiger partial charge in [-0.3, -0.25) is 0 Å². The summed E-state index contributed by atoms with van der Waals surface area (Å²) in [6.45, 7) is 0. The third-order valence-electron chi connectivity index (χ3n) is 2.93. The van der Waals surface area contributed by atoms with E-state index in [-0.39, 0.29) is 5.69 Å². The van der Waals surface area contributed by atoms with Crippen LogP contribution in [0.15, 0.2) is 54.6 Å². The van der Waals surface area contributed by atoms with Crippen LogP contribution in [0.1, 0.15) is 10.5 Å². The minimum Gasteiger partial charge on any atom is -0.476 e. The first kappa shape index (κ1) is 11.3. The lowest BCUT2D eigenvalue weighted by Crippen LogP contribution is -2.05. The van der Waals surface area contributed by atoms with E-state index in [4.69, 9.17) is 0 Å². The monoisotopic (exact) mass is 250 g/mol. The topological polar surface area (TPSA) is 63.1 Å². The van der Waals surface area contributed by atoms with Crippen molar-refractivity contribution < 1.29 is 9.90 Å². The van der Waals surface area contributed by atoms with Crippen LogP contribution in [0.3, 0.4) is 0 Å². The lowest BCUT2D eigenvalue weighted by atomic mass is 9.99. The average Bonchev–Trinajstić information content (AvgIpc) is 2.46. The van der Waals surface area contributed by atoms with Gasteiger partial charge in [-0.05, 0) is 11.6 Å². The van der Waals surface area contributed by atoms with Gasteiger partial charge >= 0.3 is 5.97 Å². The van der Waals surface area contributed by atoms with E-state index in [9.17, 15) is 9.90 Å². The Labute approximate surface area is 109 Å². The van der Waals surface area contributed by atoms with E-state index in [1.807, 2.05) is 54.6 Å². The Bertz CT molecular complexity index is 754. The van der Waals surface area contributed by atoms with Gasteiger partial charge in [0.25, 0.3) is 0 Å². The Kier molecular flexibility index (Phi) is 2.68. The number of carbonyl (C=O) groups is 1. The molecule has 0 aliphatic carbocycles. The van der Waals surface area contributed by atoms with Crippen LogP contribution >= 0.6 is 0 Å². The van der Waals surface area contributed by atoms with Gasteiger partial charge in [-0.2, -0.15) is 0 Å². The third kappa shape index (κ3) is 1.93. The van der Waals surface area contributed by atoms with Crippen molar-refractivity contribution in [2.45, 2.75) is 0 Å². The second-order valence-electron chi connectivity index (χ2n) is 4.11. The summed E-state index contributed by atoms with van der Waals surface area (Å²) in [4.78, 5) is 11.3. The molecule has 0 unspecified atom stereocenters. The van der Waals surface area contributed by atoms with Crippen molar-refractivity contribution in [2.75, 3.05) is 0 Å². The molecule has 92 valence electrons. The van der Waals surface area contributed by atoms with E-state index in [0.29, 0.717) is 11.1 Å². The summed E-state index contributed by atoms with van der Waals surface area (Å²) in [7, 11) is 0. The van der Waals surface area contributed by atoms with Gasteiger partial charge in [0.05, 0.1) is 5.52 Å². The van der Waals surface area contributed by atoms with E-state index < -0.39 is 5.97 Å². The second kappa shape index (κ2) is 4.49. The van der Waals surface area contributed by atoms with E-state index in [1.54, 1.807) is 0 Å². The van der Waals surface area contributed by atoms with Gasteiger partial charge in [0.2, 0.25) is 0 Å². The number of fused-ring (bicyclic) bond motifs is 1. The molecular formula is C15H10N2O2. The van der Waals surface area contributed by atoms with Crippen LogP contribution in [0, 0.1) is 0 Å². The number of nitrogens with zero attached hydrogens (tertiary/aromatic N) is 2. The molecule has 0 amide bonds. The van der Waals surface area contributed by atoms with E-state index in [2.05, 4.69) is 10.2 Å². The molecule has 0 saturated carbocycles. The van der Waals surface area contributed by atoms with Crippen LogP contribution in [-0.2, 0) is 0 Å². The molecule has 4 nitrogen and oxygen atoms in total. The molecule has 4 heteroatoms. The molecule has 2 aromatic carbocycles. The number of aromatic carboxylic acids is 1. The maximum absolute atomic E-state index is 11.3. The highest BCUT2D eigenvalue weighted by Gasteiger charge is 2.17. The molecule has 3 rings (SSSR count). The van der Waals surface area contributed by atoms with Crippen LogP contribution in [0.2, 0.25) is 0 Å². The maximum Gasteiger partial charge on any atom is 0.357 e. The fraction of sp³-hybridized carbons (Fsp3) is 0. The summed E-state index contributed by atoms with van der Waals surface area (Å²) in [5.41, 5.74) is 2.10. The molecule has 0 bridgehead atoms. The van der Waals surface area contributed by atoms with Crippen molar-refractivity contribution in [1.82, 2.24) is 10.2 Å². The molecule has 19 heavy (non-hydrogen) atoms. The molecule has 0 atom stereocenters. The smallest absolute Gasteiger partial charge is 0.357 e. The summed E-state index contributed by atoms with van der Waals surface area (Å²) < 4.78 is 0. The first-order chi connectivity index (χ1) is 9.27. The molecule has 0 aliphatic rings. The quantitative estimate of drug-likeness (QED) is 0.759. The van der Waals surface area contributed by atoms with Crippen LogP contribution in [0.25, 0.3) is 22.0 Å². The molecule has 0 radical (unpaired) electrons. The van der Waals surface area contributed by atoms with Crippen molar-refractivity contribution in [3.63, 3.8) is 0 Å². The summed E-state index contributed by atoms with van der Waals surface area (Å²) in [5.74, 6) is -1.07. The molecule has 1 heterocycles. The first-order valence-electron chi connectivity index (χ1n) is 5.81. The minimum atomic E-state index is -1.07. The zero-order valence-corrected chi connectivity index (χ0v) is 9.95. The fourth-order valence-electron chi connectivity index (χ4n) is 2.10. The van der Waals surface area contributed by atoms with E-state index in [1.165, 1.54) is 0 Å². The average molecular weight is 250 g/mol. The van der Waals surface area contributed by atoms with Crippen molar-refractivity contribution in [3.8, 4) is 11.1 Å². The van der Waals surface area contributed by atoms with Gasteiger partial charge in [-0.15, -0.1) is 10.2 Å². The number of benzene rings is 2. The Morgan fingerprint density at radius 3 is 2.32 bits per heavy atom. The van der Waals surface area contributed by atoms with Gasteiger partial charge < -0.3 is 5.11 Å². The summed E-state index contributed by atoms with van der Waals surface area (Å²) in [6.07, 6.45) is 0. The maximum atomic E-state index is 11.3. The van der Waals surface area contributed by atoms with E-state index >= 15 is 0 Å². The Morgan fingerprint density at radius 2 is 1.58 bits per heavy atom. The largest absolute Gasteiger partial charge is 0.476 e. The molecular weight excluding hydrogens is 240 g/mol. The van der Waals surface area contributed by atoms with Gasteiger partial charge in [0.1, 0.15) is 0 Å². The zero-order chi connectivity index (χ0) is 13.2. The summed E-state index contributed by atoms with van der Waals surface area (Å²) in [6, 6.07) is 16.8. The minimum absolute atomic E-state index is 0.0232. The van der Waals surface area contributed by atoms with Gasteiger partial charge in [0.15, 0.2) is 5.69 Å². The molecule has 1 N–H and O–H groups in total. The van der Waals surface area contributed by atoms with Crippen LogP contribution in [0.4, 0.5) is 0 Å².